The Hall–Kier alpha value is -1.55. The SMILES string of the molecule is O=C1C#Cc2ccccc21. The molecular formula is C9H4O. The third-order valence-electron chi connectivity index (χ3n) is 1.48. The largest absolute Gasteiger partial charge is 0.279 e. The lowest BCUT2D eigenvalue weighted by molar-refractivity contribution is 0.105. The first-order valence-corrected chi connectivity index (χ1v) is 3.03. The van der Waals surface area contributed by atoms with E-state index in [-0.39, 0.29) is 5.78 Å². The van der Waals surface area contributed by atoms with Crippen molar-refractivity contribution in [2.45, 2.75) is 0 Å². The Morgan fingerprint density at radius 1 is 1.10 bits per heavy atom. The Bertz CT molecular complexity index is 352. The summed E-state index contributed by atoms with van der Waals surface area (Å²) in [5, 5.41) is 0. The minimum Gasteiger partial charge on any atom is -0.279 e. The van der Waals surface area contributed by atoms with Gasteiger partial charge in [-0.1, -0.05) is 18.1 Å². The molecule has 0 heterocycles. The first-order valence-electron chi connectivity index (χ1n) is 3.03. The summed E-state index contributed by atoms with van der Waals surface area (Å²) in [6.07, 6.45) is 0. The zero-order valence-corrected chi connectivity index (χ0v) is 5.22. The van der Waals surface area contributed by atoms with Crippen LogP contribution < -0.4 is 0 Å². The number of benzene rings is 1. The number of ketones is 1. The van der Waals surface area contributed by atoms with Gasteiger partial charge in [0, 0.05) is 11.1 Å². The van der Waals surface area contributed by atoms with Gasteiger partial charge < -0.3 is 0 Å². The van der Waals surface area contributed by atoms with Gasteiger partial charge in [0.1, 0.15) is 0 Å². The van der Waals surface area contributed by atoms with Crippen LogP contribution in [0.5, 0.6) is 0 Å². The molecular weight excluding hydrogens is 124 g/mol. The molecule has 46 valence electrons. The predicted octanol–water partition coefficient (Wildman–Crippen LogP) is 1.23. The second-order valence-corrected chi connectivity index (χ2v) is 2.12. The fourth-order valence-electron chi connectivity index (χ4n) is 0.982. The van der Waals surface area contributed by atoms with Crippen molar-refractivity contribution in [3.05, 3.63) is 35.4 Å². The Labute approximate surface area is 58.7 Å². The normalized spacial score (nSPS) is 12.2. The van der Waals surface area contributed by atoms with Gasteiger partial charge >= 0.3 is 0 Å². The van der Waals surface area contributed by atoms with E-state index in [4.69, 9.17) is 0 Å². The molecule has 0 fully saturated rings. The summed E-state index contributed by atoms with van der Waals surface area (Å²) < 4.78 is 0. The molecule has 1 nitrogen and oxygen atoms in total. The van der Waals surface area contributed by atoms with Gasteiger partial charge in [-0.2, -0.15) is 0 Å². The molecule has 1 aliphatic carbocycles. The molecule has 0 saturated carbocycles. The monoisotopic (exact) mass is 128 g/mol. The smallest absolute Gasteiger partial charge is 0.237 e. The van der Waals surface area contributed by atoms with E-state index in [9.17, 15) is 4.79 Å². The fraction of sp³-hybridized carbons (Fsp3) is 0. The van der Waals surface area contributed by atoms with Crippen LogP contribution in [0.4, 0.5) is 0 Å². The third-order valence-corrected chi connectivity index (χ3v) is 1.48. The van der Waals surface area contributed by atoms with Crippen molar-refractivity contribution in [2.75, 3.05) is 0 Å². The van der Waals surface area contributed by atoms with Crippen molar-refractivity contribution in [1.29, 1.82) is 0 Å². The first kappa shape index (κ1) is 5.25. The zero-order chi connectivity index (χ0) is 6.97. The van der Waals surface area contributed by atoms with Crippen molar-refractivity contribution in [3.63, 3.8) is 0 Å². The van der Waals surface area contributed by atoms with Crippen LogP contribution in [-0.2, 0) is 0 Å². The lowest BCUT2D eigenvalue weighted by Gasteiger charge is -1.90. The maximum absolute atomic E-state index is 10.9. The highest BCUT2D eigenvalue weighted by molar-refractivity contribution is 6.14. The number of hydrogen-bond donors (Lipinski definition) is 0. The Kier molecular flexibility index (Phi) is 0.900. The van der Waals surface area contributed by atoms with Gasteiger partial charge in [0.2, 0.25) is 5.78 Å². The summed E-state index contributed by atoms with van der Waals surface area (Å²) in [6.45, 7) is 0. The van der Waals surface area contributed by atoms with Crippen LogP contribution in [0.1, 0.15) is 15.9 Å². The molecule has 1 heteroatoms. The van der Waals surface area contributed by atoms with E-state index in [0.717, 1.165) is 5.56 Å². The van der Waals surface area contributed by atoms with Gasteiger partial charge in [0.05, 0.1) is 0 Å². The van der Waals surface area contributed by atoms with Crippen LogP contribution in [0.15, 0.2) is 24.3 Å². The molecule has 0 atom stereocenters. The minimum atomic E-state index is -0.0596. The predicted molar refractivity (Wildman–Crippen MR) is 37.7 cm³/mol. The molecule has 0 amide bonds. The van der Waals surface area contributed by atoms with Crippen molar-refractivity contribution in [3.8, 4) is 11.8 Å². The summed E-state index contributed by atoms with van der Waals surface area (Å²) in [7, 11) is 0. The number of carbonyl (C=O) groups is 1. The van der Waals surface area contributed by atoms with E-state index in [2.05, 4.69) is 11.8 Å². The molecule has 1 aliphatic rings. The molecule has 1 aromatic rings. The Morgan fingerprint density at radius 3 is 2.70 bits per heavy atom. The van der Waals surface area contributed by atoms with Crippen molar-refractivity contribution >= 4 is 5.78 Å². The summed E-state index contributed by atoms with van der Waals surface area (Å²) in [4.78, 5) is 10.9. The lowest BCUT2D eigenvalue weighted by atomic mass is 10.1. The highest BCUT2D eigenvalue weighted by atomic mass is 16.1. The number of carbonyl (C=O) groups excluding carboxylic acids is 1. The maximum atomic E-state index is 10.9. The van der Waals surface area contributed by atoms with Crippen LogP contribution in [-0.4, -0.2) is 5.78 Å². The number of fused-ring (bicyclic) bond motifs is 1. The number of hydrogen-bond acceptors (Lipinski definition) is 1. The van der Waals surface area contributed by atoms with E-state index in [0.29, 0.717) is 5.56 Å². The molecule has 0 radical (unpaired) electrons. The highest BCUT2D eigenvalue weighted by Gasteiger charge is 2.10. The first-order chi connectivity index (χ1) is 4.88. The van der Waals surface area contributed by atoms with Crippen molar-refractivity contribution < 1.29 is 4.79 Å². The van der Waals surface area contributed by atoms with Gasteiger partial charge in [-0.25, -0.2) is 0 Å². The molecule has 0 saturated heterocycles. The third kappa shape index (κ3) is 0.563. The van der Waals surface area contributed by atoms with E-state index < -0.39 is 0 Å². The van der Waals surface area contributed by atoms with Gasteiger partial charge in [0.15, 0.2) is 0 Å². The molecule has 0 N–H and O–H groups in total. The highest BCUT2D eigenvalue weighted by Crippen LogP contribution is 2.11. The minimum absolute atomic E-state index is 0.0596. The van der Waals surface area contributed by atoms with Gasteiger partial charge in [-0.3, -0.25) is 4.79 Å². The maximum Gasteiger partial charge on any atom is 0.237 e. The topological polar surface area (TPSA) is 17.1 Å². The second kappa shape index (κ2) is 1.71. The van der Waals surface area contributed by atoms with Gasteiger partial charge in [0.25, 0.3) is 0 Å². The van der Waals surface area contributed by atoms with E-state index in [1.165, 1.54) is 0 Å². The molecule has 2 rings (SSSR count). The lowest BCUT2D eigenvalue weighted by Crippen LogP contribution is -1.90. The van der Waals surface area contributed by atoms with Crippen LogP contribution in [0.25, 0.3) is 0 Å². The van der Waals surface area contributed by atoms with Gasteiger partial charge in [-0.05, 0) is 18.1 Å². The molecule has 0 unspecified atom stereocenters. The van der Waals surface area contributed by atoms with E-state index >= 15 is 0 Å². The molecule has 0 aliphatic heterocycles. The molecule has 0 bridgehead atoms. The average molecular weight is 128 g/mol. The second-order valence-electron chi connectivity index (χ2n) is 2.12. The Balaban J connectivity index is 2.73. The van der Waals surface area contributed by atoms with Crippen molar-refractivity contribution in [2.24, 2.45) is 0 Å². The van der Waals surface area contributed by atoms with Gasteiger partial charge in [-0.15, -0.1) is 0 Å². The molecule has 0 spiro atoms. The summed E-state index contributed by atoms with van der Waals surface area (Å²) >= 11 is 0. The van der Waals surface area contributed by atoms with Crippen molar-refractivity contribution in [1.82, 2.24) is 0 Å². The summed E-state index contributed by atoms with van der Waals surface area (Å²) in [5.74, 6) is 5.19. The van der Waals surface area contributed by atoms with Crippen LogP contribution in [0, 0.1) is 11.8 Å². The number of rotatable bonds is 0. The Morgan fingerprint density at radius 2 is 1.90 bits per heavy atom. The standard InChI is InChI=1S/C9H4O/c10-9-6-5-7-3-1-2-4-8(7)9/h1-4H. The van der Waals surface area contributed by atoms with E-state index in [1.54, 1.807) is 6.07 Å². The summed E-state index contributed by atoms with van der Waals surface area (Å²) in [5.41, 5.74) is 1.56. The van der Waals surface area contributed by atoms with E-state index in [1.807, 2.05) is 18.2 Å². The quantitative estimate of drug-likeness (QED) is 0.480. The molecule has 10 heavy (non-hydrogen) atoms. The molecule has 1 aromatic carbocycles. The molecule has 0 aromatic heterocycles. The summed E-state index contributed by atoms with van der Waals surface area (Å²) in [6, 6.07) is 7.36. The fourth-order valence-corrected chi connectivity index (χ4v) is 0.982. The van der Waals surface area contributed by atoms with Crippen LogP contribution >= 0.6 is 0 Å². The average Bonchev–Trinajstić information content (AvgIpc) is 2.34. The number of Topliss-reactive ketones (excluding diaryl/α,β-unsaturated/α-hetero) is 1. The zero-order valence-electron chi connectivity index (χ0n) is 5.22. The van der Waals surface area contributed by atoms with Crippen LogP contribution in [0.3, 0.4) is 0 Å². The van der Waals surface area contributed by atoms with Crippen LogP contribution in [0.2, 0.25) is 0 Å².